The fraction of sp³-hybridized carbons (Fsp3) is 0.211. The Morgan fingerprint density at radius 3 is 2.52 bits per heavy atom. The molecule has 0 radical (unpaired) electrons. The number of fused-ring (bicyclic) bond motifs is 1. The lowest BCUT2D eigenvalue weighted by Gasteiger charge is -2.14. The highest BCUT2D eigenvalue weighted by Crippen LogP contribution is 2.22. The highest BCUT2D eigenvalue weighted by molar-refractivity contribution is 7.89. The van der Waals surface area contributed by atoms with E-state index >= 15 is 0 Å². The number of nitrogens with one attached hydrogen (secondary N) is 2. The summed E-state index contributed by atoms with van der Waals surface area (Å²) in [5.41, 5.74) is 2.02. The lowest BCUT2D eigenvalue weighted by molar-refractivity contribution is 0.0935. The van der Waals surface area contributed by atoms with E-state index in [1.165, 1.54) is 12.1 Å². The van der Waals surface area contributed by atoms with Crippen LogP contribution in [0.1, 0.15) is 35.9 Å². The average Bonchev–Trinajstić information content (AvgIpc) is 3.05. The Labute approximate surface area is 157 Å². The number of amides is 1. The zero-order chi connectivity index (χ0) is 19.6. The van der Waals surface area contributed by atoms with E-state index < -0.39 is 10.0 Å². The molecule has 4 N–H and O–H groups in total. The number of benzene rings is 2. The Kier molecular flexibility index (Phi) is 5.20. The Hall–Kier alpha value is -2.84. The summed E-state index contributed by atoms with van der Waals surface area (Å²) in [6, 6.07) is 13.2. The molecule has 3 rings (SSSR count). The first kappa shape index (κ1) is 18.9. The molecule has 3 aromatic rings. The maximum absolute atomic E-state index is 12.5. The fourth-order valence-electron chi connectivity index (χ4n) is 2.79. The number of rotatable bonds is 6. The van der Waals surface area contributed by atoms with Crippen molar-refractivity contribution in [3.05, 3.63) is 59.8 Å². The minimum atomic E-state index is -3.74. The number of aromatic nitrogens is 1. The molecule has 27 heavy (non-hydrogen) atoms. The van der Waals surface area contributed by atoms with Crippen LogP contribution in [0, 0.1) is 0 Å². The summed E-state index contributed by atoms with van der Waals surface area (Å²) >= 11 is 0. The number of hydrogen-bond acceptors (Lipinski definition) is 4. The van der Waals surface area contributed by atoms with Gasteiger partial charge in [0.05, 0.1) is 17.5 Å². The first-order chi connectivity index (χ1) is 12.8. The third kappa shape index (κ3) is 4.29. The average molecular weight is 387 g/mol. The monoisotopic (exact) mass is 387 g/mol. The number of H-pyrrole nitrogens is 1. The molecule has 0 spiro atoms. The van der Waals surface area contributed by atoms with Crippen molar-refractivity contribution in [3.63, 3.8) is 0 Å². The van der Waals surface area contributed by atoms with E-state index in [0.717, 1.165) is 22.2 Å². The summed E-state index contributed by atoms with van der Waals surface area (Å²) in [6.45, 7) is 4.30. The van der Waals surface area contributed by atoms with Gasteiger partial charge in [-0.05, 0) is 49.7 Å². The van der Waals surface area contributed by atoms with E-state index in [4.69, 9.17) is 9.88 Å². The molecule has 0 saturated carbocycles. The van der Waals surface area contributed by atoms with Gasteiger partial charge in [-0.1, -0.05) is 12.1 Å². The van der Waals surface area contributed by atoms with Gasteiger partial charge in [-0.3, -0.25) is 4.79 Å². The van der Waals surface area contributed by atoms with Crippen LogP contribution in [0.15, 0.2) is 53.4 Å². The molecule has 8 heteroatoms. The van der Waals surface area contributed by atoms with Crippen molar-refractivity contribution in [1.82, 2.24) is 10.3 Å². The number of hydrogen-bond donors (Lipinski definition) is 3. The molecule has 0 saturated heterocycles. The van der Waals surface area contributed by atoms with Crippen LogP contribution >= 0.6 is 0 Å². The van der Waals surface area contributed by atoms with Crippen LogP contribution in [0.2, 0.25) is 0 Å². The summed E-state index contributed by atoms with van der Waals surface area (Å²) in [4.78, 5) is 15.7. The Morgan fingerprint density at radius 1 is 1.19 bits per heavy atom. The molecule has 0 aliphatic carbocycles. The number of sulfonamides is 1. The molecule has 2 aromatic carbocycles. The van der Waals surface area contributed by atoms with Crippen molar-refractivity contribution in [2.45, 2.75) is 24.8 Å². The molecular formula is C19H21N3O4S. The van der Waals surface area contributed by atoms with Crippen molar-refractivity contribution >= 4 is 26.8 Å². The first-order valence-electron chi connectivity index (χ1n) is 8.47. The second-order valence-electron chi connectivity index (χ2n) is 6.17. The molecule has 1 atom stereocenters. The zero-order valence-electron chi connectivity index (χ0n) is 15.0. The van der Waals surface area contributed by atoms with Gasteiger partial charge in [-0.15, -0.1) is 0 Å². The van der Waals surface area contributed by atoms with Gasteiger partial charge in [-0.2, -0.15) is 0 Å². The normalized spacial score (nSPS) is 12.7. The van der Waals surface area contributed by atoms with E-state index in [2.05, 4.69) is 10.3 Å². The van der Waals surface area contributed by atoms with Gasteiger partial charge >= 0.3 is 0 Å². The molecule has 0 aliphatic heterocycles. The molecule has 1 unspecified atom stereocenters. The summed E-state index contributed by atoms with van der Waals surface area (Å²) in [7, 11) is -3.74. The van der Waals surface area contributed by atoms with Crippen LogP contribution in [0.4, 0.5) is 0 Å². The molecule has 1 aromatic heterocycles. The standard InChI is InChI=1S/C19H21N3O4S/c1-3-26-15-7-4-14-10-18(22-17(14)11-15)19(23)21-12(2)13-5-8-16(9-6-13)27(20,24)25/h4-12,22H,3H2,1-2H3,(H,21,23)(H2,20,24,25). The second kappa shape index (κ2) is 7.42. The summed E-state index contributed by atoms with van der Waals surface area (Å²) in [6.07, 6.45) is 0. The van der Waals surface area contributed by atoms with Crippen LogP contribution in [0.25, 0.3) is 10.9 Å². The molecule has 1 amide bonds. The van der Waals surface area contributed by atoms with E-state index in [0.29, 0.717) is 12.3 Å². The quantitative estimate of drug-likeness (QED) is 0.603. The van der Waals surface area contributed by atoms with E-state index in [-0.39, 0.29) is 16.8 Å². The number of aromatic amines is 1. The van der Waals surface area contributed by atoms with Crippen LogP contribution < -0.4 is 15.2 Å². The minimum Gasteiger partial charge on any atom is -0.494 e. The van der Waals surface area contributed by atoms with Crippen molar-refractivity contribution < 1.29 is 17.9 Å². The topological polar surface area (TPSA) is 114 Å². The highest BCUT2D eigenvalue weighted by atomic mass is 32.2. The summed E-state index contributed by atoms with van der Waals surface area (Å²) in [5, 5.41) is 8.90. The van der Waals surface area contributed by atoms with Crippen LogP contribution in [0.3, 0.4) is 0 Å². The predicted octanol–water partition coefficient (Wildman–Crippen LogP) is 2.71. The predicted molar refractivity (Wildman–Crippen MR) is 103 cm³/mol. The highest BCUT2D eigenvalue weighted by Gasteiger charge is 2.15. The third-order valence-corrected chi connectivity index (χ3v) is 5.14. The number of primary sulfonamides is 1. The Morgan fingerprint density at radius 2 is 1.89 bits per heavy atom. The zero-order valence-corrected chi connectivity index (χ0v) is 15.8. The van der Waals surface area contributed by atoms with Crippen LogP contribution in [-0.2, 0) is 10.0 Å². The van der Waals surface area contributed by atoms with Gasteiger partial charge < -0.3 is 15.0 Å². The maximum Gasteiger partial charge on any atom is 0.268 e. The lowest BCUT2D eigenvalue weighted by Crippen LogP contribution is -2.27. The SMILES string of the molecule is CCOc1ccc2cc(C(=O)NC(C)c3ccc(S(N)(=O)=O)cc3)[nH]c2c1. The van der Waals surface area contributed by atoms with Crippen molar-refractivity contribution in [2.24, 2.45) is 5.14 Å². The number of carbonyl (C=O) groups is 1. The smallest absolute Gasteiger partial charge is 0.268 e. The summed E-state index contributed by atoms with van der Waals surface area (Å²) < 4.78 is 28.1. The number of carbonyl (C=O) groups excluding carboxylic acids is 1. The van der Waals surface area contributed by atoms with Crippen LogP contribution in [-0.4, -0.2) is 25.9 Å². The van der Waals surface area contributed by atoms with Gasteiger partial charge in [0, 0.05) is 17.0 Å². The molecule has 1 heterocycles. The van der Waals surface area contributed by atoms with Crippen LogP contribution in [0.5, 0.6) is 5.75 Å². The molecule has 0 aliphatic rings. The number of ether oxygens (including phenoxy) is 1. The Balaban J connectivity index is 1.75. The molecule has 0 bridgehead atoms. The third-order valence-electron chi connectivity index (χ3n) is 4.21. The van der Waals surface area contributed by atoms with E-state index in [9.17, 15) is 13.2 Å². The van der Waals surface area contributed by atoms with Crippen molar-refractivity contribution in [3.8, 4) is 5.75 Å². The maximum atomic E-state index is 12.5. The van der Waals surface area contributed by atoms with E-state index in [1.807, 2.05) is 32.0 Å². The summed E-state index contributed by atoms with van der Waals surface area (Å²) in [5.74, 6) is 0.481. The van der Waals surface area contributed by atoms with Gasteiger partial charge in [0.15, 0.2) is 0 Å². The minimum absolute atomic E-state index is 0.0329. The molecule has 0 fully saturated rings. The van der Waals surface area contributed by atoms with E-state index in [1.54, 1.807) is 18.2 Å². The number of nitrogens with two attached hydrogens (primary N) is 1. The van der Waals surface area contributed by atoms with Crippen molar-refractivity contribution in [1.29, 1.82) is 0 Å². The van der Waals surface area contributed by atoms with Gasteiger partial charge in [0.2, 0.25) is 10.0 Å². The lowest BCUT2D eigenvalue weighted by atomic mass is 10.1. The van der Waals surface area contributed by atoms with Crippen molar-refractivity contribution in [2.75, 3.05) is 6.61 Å². The molecule has 142 valence electrons. The van der Waals surface area contributed by atoms with Gasteiger partial charge in [0.25, 0.3) is 5.91 Å². The van der Waals surface area contributed by atoms with Gasteiger partial charge in [-0.25, -0.2) is 13.6 Å². The Bertz CT molecular complexity index is 1070. The largest absolute Gasteiger partial charge is 0.494 e. The second-order valence-corrected chi connectivity index (χ2v) is 7.74. The molecule has 7 nitrogen and oxygen atoms in total. The molecular weight excluding hydrogens is 366 g/mol. The first-order valence-corrected chi connectivity index (χ1v) is 10.0. The van der Waals surface area contributed by atoms with Gasteiger partial charge in [0.1, 0.15) is 11.4 Å². The fourth-order valence-corrected chi connectivity index (χ4v) is 3.30.